The van der Waals surface area contributed by atoms with Crippen molar-refractivity contribution in [2.75, 3.05) is 0 Å². The molecule has 0 amide bonds. The molecule has 0 radical (unpaired) electrons. The van der Waals surface area contributed by atoms with Crippen LogP contribution in [0.25, 0.3) is 0 Å². The average molecular weight is 309 g/mol. The maximum atomic E-state index is 5.68. The van der Waals surface area contributed by atoms with E-state index in [-0.39, 0.29) is 0 Å². The van der Waals surface area contributed by atoms with E-state index in [2.05, 4.69) is 13.1 Å². The highest BCUT2D eigenvalue weighted by Gasteiger charge is 2.45. The van der Waals surface area contributed by atoms with E-state index in [0.717, 1.165) is 11.8 Å². The smallest absolute Gasteiger partial charge is 0.0844 e. The van der Waals surface area contributed by atoms with Crippen LogP contribution in [0.2, 0.25) is 25.2 Å². The van der Waals surface area contributed by atoms with Crippen molar-refractivity contribution in [2.24, 2.45) is 11.8 Å². The van der Waals surface area contributed by atoms with Crippen molar-refractivity contribution in [3.8, 4) is 0 Å². The molecule has 120 valence electrons. The molecule has 2 aliphatic heterocycles. The fourth-order valence-corrected chi connectivity index (χ4v) is 7.44. The molecule has 2 nitrogen and oxygen atoms in total. The van der Waals surface area contributed by atoms with Gasteiger partial charge in [0.15, 0.2) is 0 Å². The SMILES string of the molecule is C[Si](C)(CCC1CCC2OC2C1)CCC1CCC2OC2C1. The van der Waals surface area contributed by atoms with Gasteiger partial charge in [0.1, 0.15) is 0 Å². The molecule has 4 rings (SSSR count). The van der Waals surface area contributed by atoms with E-state index in [1.54, 1.807) is 12.1 Å². The second-order valence-electron chi connectivity index (χ2n) is 9.03. The molecular weight excluding hydrogens is 276 g/mol. The molecule has 6 atom stereocenters. The Labute approximate surface area is 131 Å². The quantitative estimate of drug-likeness (QED) is 0.529. The summed E-state index contributed by atoms with van der Waals surface area (Å²) in [7, 11) is -0.970. The molecule has 0 spiro atoms. The van der Waals surface area contributed by atoms with E-state index >= 15 is 0 Å². The van der Waals surface area contributed by atoms with Crippen LogP contribution in [0.5, 0.6) is 0 Å². The number of ether oxygens (including phenoxy) is 2. The van der Waals surface area contributed by atoms with Gasteiger partial charge in [0.2, 0.25) is 0 Å². The fourth-order valence-electron chi connectivity index (χ4n) is 4.81. The Bertz CT molecular complexity index is 349. The second kappa shape index (κ2) is 5.65. The van der Waals surface area contributed by atoms with E-state index in [4.69, 9.17) is 9.47 Å². The van der Waals surface area contributed by atoms with Crippen LogP contribution in [-0.2, 0) is 9.47 Å². The normalized spacial score (nSPS) is 44.9. The average Bonchev–Trinajstić information content (AvgIpc) is 3.35. The molecule has 0 aromatic heterocycles. The summed E-state index contributed by atoms with van der Waals surface area (Å²) in [5.41, 5.74) is 0. The van der Waals surface area contributed by atoms with Crippen LogP contribution in [-0.4, -0.2) is 32.5 Å². The Morgan fingerprint density at radius 2 is 1.19 bits per heavy atom. The first-order valence-electron chi connectivity index (χ1n) is 9.40. The summed E-state index contributed by atoms with van der Waals surface area (Å²) in [6.45, 7) is 5.26. The van der Waals surface area contributed by atoms with Crippen molar-refractivity contribution in [1.82, 2.24) is 0 Å². The Balaban J connectivity index is 1.16. The molecule has 6 unspecified atom stereocenters. The number of hydrogen-bond donors (Lipinski definition) is 0. The predicted octanol–water partition coefficient (Wildman–Crippen LogP) is 4.61. The van der Waals surface area contributed by atoms with Gasteiger partial charge in [-0.25, -0.2) is 0 Å². The van der Waals surface area contributed by atoms with Gasteiger partial charge >= 0.3 is 0 Å². The lowest BCUT2D eigenvalue weighted by Gasteiger charge is -2.28. The summed E-state index contributed by atoms with van der Waals surface area (Å²) in [6, 6.07) is 3.09. The minimum Gasteiger partial charge on any atom is -0.370 e. The summed E-state index contributed by atoms with van der Waals surface area (Å²) in [5.74, 6) is 1.96. The number of hydrogen-bond acceptors (Lipinski definition) is 2. The lowest BCUT2D eigenvalue weighted by Crippen LogP contribution is -2.28. The van der Waals surface area contributed by atoms with Gasteiger partial charge in [0, 0.05) is 8.07 Å². The fraction of sp³-hybridized carbons (Fsp3) is 1.00. The van der Waals surface area contributed by atoms with Crippen LogP contribution < -0.4 is 0 Å². The van der Waals surface area contributed by atoms with Crippen LogP contribution in [0.15, 0.2) is 0 Å². The monoisotopic (exact) mass is 308 g/mol. The molecule has 0 aromatic carbocycles. The highest BCUT2D eigenvalue weighted by molar-refractivity contribution is 6.77. The van der Waals surface area contributed by atoms with Crippen molar-refractivity contribution in [3.63, 3.8) is 0 Å². The van der Waals surface area contributed by atoms with Crippen molar-refractivity contribution < 1.29 is 9.47 Å². The lowest BCUT2D eigenvalue weighted by atomic mass is 9.87. The topological polar surface area (TPSA) is 25.1 Å². The molecular formula is C18H32O2Si. The number of epoxide rings is 2. The molecule has 3 heteroatoms. The third kappa shape index (κ3) is 3.73. The van der Waals surface area contributed by atoms with Gasteiger partial charge in [-0.05, 0) is 50.4 Å². The van der Waals surface area contributed by atoms with Crippen LogP contribution in [0.1, 0.15) is 51.4 Å². The molecule has 0 N–H and O–H groups in total. The molecule has 4 fully saturated rings. The zero-order valence-corrected chi connectivity index (χ0v) is 14.9. The maximum absolute atomic E-state index is 5.68. The summed E-state index contributed by atoms with van der Waals surface area (Å²) in [5, 5.41) is 0. The van der Waals surface area contributed by atoms with Crippen molar-refractivity contribution in [3.05, 3.63) is 0 Å². The first-order chi connectivity index (χ1) is 10.1. The summed E-state index contributed by atoms with van der Waals surface area (Å²) in [6.07, 6.45) is 14.0. The Morgan fingerprint density at radius 1 is 0.714 bits per heavy atom. The summed E-state index contributed by atoms with van der Waals surface area (Å²) >= 11 is 0. The zero-order valence-electron chi connectivity index (χ0n) is 13.9. The molecule has 2 heterocycles. The number of fused-ring (bicyclic) bond motifs is 2. The Kier molecular flexibility index (Phi) is 3.96. The highest BCUT2D eigenvalue weighted by Crippen LogP contribution is 2.43. The zero-order chi connectivity index (χ0) is 14.4. The van der Waals surface area contributed by atoms with Crippen LogP contribution in [0.4, 0.5) is 0 Å². The van der Waals surface area contributed by atoms with Gasteiger partial charge in [-0.3, -0.25) is 0 Å². The first kappa shape index (κ1) is 14.7. The summed E-state index contributed by atoms with van der Waals surface area (Å²) in [4.78, 5) is 0. The van der Waals surface area contributed by atoms with Crippen molar-refractivity contribution in [2.45, 2.75) is 101 Å². The molecule has 0 aromatic rings. The molecule has 0 bridgehead atoms. The van der Waals surface area contributed by atoms with Gasteiger partial charge in [-0.2, -0.15) is 0 Å². The molecule has 2 saturated carbocycles. The predicted molar refractivity (Wildman–Crippen MR) is 88.3 cm³/mol. The number of rotatable bonds is 6. The van der Waals surface area contributed by atoms with Crippen molar-refractivity contribution in [1.29, 1.82) is 0 Å². The molecule has 2 aliphatic carbocycles. The van der Waals surface area contributed by atoms with Crippen molar-refractivity contribution >= 4 is 8.07 Å². The van der Waals surface area contributed by atoms with E-state index in [1.165, 1.54) is 51.4 Å². The van der Waals surface area contributed by atoms with Gasteiger partial charge in [-0.15, -0.1) is 0 Å². The van der Waals surface area contributed by atoms with Gasteiger partial charge in [0.25, 0.3) is 0 Å². The Hall–Kier alpha value is 0.137. The van der Waals surface area contributed by atoms with Crippen LogP contribution in [0, 0.1) is 11.8 Å². The standard InChI is InChI=1S/C18H32O2Si/c1-21(2,9-7-13-3-5-15-17(11-13)19-15)10-8-14-4-6-16-18(12-14)20-16/h13-18H,3-12H2,1-2H3. The molecule has 4 aliphatic rings. The van der Waals surface area contributed by atoms with Crippen LogP contribution in [0.3, 0.4) is 0 Å². The Morgan fingerprint density at radius 3 is 1.62 bits per heavy atom. The van der Waals surface area contributed by atoms with Gasteiger partial charge in [-0.1, -0.05) is 38.0 Å². The first-order valence-corrected chi connectivity index (χ1v) is 12.8. The second-order valence-corrected chi connectivity index (χ2v) is 14.4. The lowest BCUT2D eigenvalue weighted by molar-refractivity contribution is 0.354. The van der Waals surface area contributed by atoms with Gasteiger partial charge in [0.05, 0.1) is 24.4 Å². The van der Waals surface area contributed by atoms with E-state index < -0.39 is 8.07 Å². The van der Waals surface area contributed by atoms with Crippen LogP contribution >= 0.6 is 0 Å². The molecule has 21 heavy (non-hydrogen) atoms. The van der Waals surface area contributed by atoms with Gasteiger partial charge < -0.3 is 9.47 Å². The maximum Gasteiger partial charge on any atom is 0.0844 e. The minimum atomic E-state index is -0.970. The highest BCUT2D eigenvalue weighted by atomic mass is 28.3. The largest absolute Gasteiger partial charge is 0.370 e. The van der Waals surface area contributed by atoms with E-state index in [0.29, 0.717) is 24.4 Å². The van der Waals surface area contributed by atoms with E-state index in [1.807, 2.05) is 0 Å². The van der Waals surface area contributed by atoms with E-state index in [9.17, 15) is 0 Å². The summed E-state index contributed by atoms with van der Waals surface area (Å²) < 4.78 is 11.4. The minimum absolute atomic E-state index is 0.669. The molecule has 2 saturated heterocycles. The third-order valence-corrected chi connectivity index (χ3v) is 9.97. The third-order valence-electron chi connectivity index (χ3n) is 6.68.